The van der Waals surface area contributed by atoms with Crippen molar-refractivity contribution < 1.29 is 13.6 Å². The van der Waals surface area contributed by atoms with Crippen molar-refractivity contribution in [3.63, 3.8) is 0 Å². The van der Waals surface area contributed by atoms with Gasteiger partial charge in [-0.25, -0.2) is 18.3 Å². The van der Waals surface area contributed by atoms with Gasteiger partial charge in [-0.3, -0.25) is 4.79 Å². The molecule has 3 aromatic rings. The van der Waals surface area contributed by atoms with Gasteiger partial charge in [0, 0.05) is 31.0 Å². The highest BCUT2D eigenvalue weighted by atomic mass is 19.1. The highest BCUT2D eigenvalue weighted by Gasteiger charge is 2.22. The Morgan fingerprint density at radius 1 is 1.19 bits per heavy atom. The van der Waals surface area contributed by atoms with E-state index in [-0.39, 0.29) is 12.3 Å². The van der Waals surface area contributed by atoms with Gasteiger partial charge in [-0.15, -0.1) is 0 Å². The molecule has 7 heteroatoms. The van der Waals surface area contributed by atoms with Crippen LogP contribution in [0.3, 0.4) is 0 Å². The van der Waals surface area contributed by atoms with Crippen LogP contribution in [0.15, 0.2) is 24.3 Å². The summed E-state index contributed by atoms with van der Waals surface area (Å²) in [5, 5.41) is 4.40. The lowest BCUT2D eigenvalue weighted by molar-refractivity contribution is 0.0797. The summed E-state index contributed by atoms with van der Waals surface area (Å²) in [6, 6.07) is 5.36. The predicted octanol–water partition coefficient (Wildman–Crippen LogP) is 3.25. The summed E-state index contributed by atoms with van der Waals surface area (Å²) >= 11 is 0. The van der Waals surface area contributed by atoms with Gasteiger partial charge in [0.25, 0.3) is 5.91 Å². The van der Waals surface area contributed by atoms with Crippen LogP contribution in [-0.2, 0) is 6.42 Å². The molecule has 0 saturated carbocycles. The molecule has 1 aromatic carbocycles. The minimum Gasteiger partial charge on any atom is -0.341 e. The maximum Gasteiger partial charge on any atom is 0.259 e. The number of amides is 1. The third kappa shape index (κ3) is 3.29. The summed E-state index contributed by atoms with van der Waals surface area (Å²) in [6.07, 6.45) is 0.290. The first-order valence-electron chi connectivity index (χ1n) is 8.31. The van der Waals surface area contributed by atoms with Crippen LogP contribution in [0.4, 0.5) is 8.78 Å². The smallest absolute Gasteiger partial charge is 0.259 e. The quantitative estimate of drug-likeness (QED) is 0.719. The number of benzene rings is 1. The molecule has 0 aliphatic carbocycles. The van der Waals surface area contributed by atoms with E-state index in [9.17, 15) is 13.6 Å². The summed E-state index contributed by atoms with van der Waals surface area (Å²) < 4.78 is 28.4. The zero-order chi connectivity index (χ0) is 19.0. The highest BCUT2D eigenvalue weighted by molar-refractivity contribution is 6.00. The summed E-state index contributed by atoms with van der Waals surface area (Å²) in [6.45, 7) is 5.83. The van der Waals surface area contributed by atoms with Crippen molar-refractivity contribution in [2.45, 2.75) is 27.2 Å². The second kappa shape index (κ2) is 6.82. The maximum absolute atomic E-state index is 13.8. The number of aryl methyl sites for hydroxylation is 3. The maximum atomic E-state index is 13.8. The van der Waals surface area contributed by atoms with Crippen molar-refractivity contribution in [1.29, 1.82) is 0 Å². The summed E-state index contributed by atoms with van der Waals surface area (Å²) in [7, 11) is 1.65. The van der Waals surface area contributed by atoms with Gasteiger partial charge in [0.05, 0.1) is 5.69 Å². The average molecular weight is 358 g/mol. The number of carbonyl (C=O) groups excluding carboxylic acids is 1. The second-order valence-corrected chi connectivity index (χ2v) is 6.45. The van der Waals surface area contributed by atoms with E-state index in [0.29, 0.717) is 29.0 Å². The van der Waals surface area contributed by atoms with Gasteiger partial charge in [0.1, 0.15) is 17.2 Å². The molecule has 0 atom stereocenters. The minimum atomic E-state index is -0.616. The first-order chi connectivity index (χ1) is 12.3. The molecule has 0 aliphatic heterocycles. The molecule has 0 radical (unpaired) electrons. The molecule has 2 heterocycles. The Hall–Kier alpha value is -2.83. The molecule has 0 N–H and O–H groups in total. The first kappa shape index (κ1) is 18.0. The minimum absolute atomic E-state index is 0.225. The van der Waals surface area contributed by atoms with E-state index in [1.165, 1.54) is 17.0 Å². The molecule has 5 nitrogen and oxygen atoms in total. The topological polar surface area (TPSA) is 50.5 Å². The zero-order valence-corrected chi connectivity index (χ0v) is 15.2. The Kier molecular flexibility index (Phi) is 4.71. The number of aromatic nitrogens is 3. The predicted molar refractivity (Wildman–Crippen MR) is 94.2 cm³/mol. The second-order valence-electron chi connectivity index (χ2n) is 6.45. The number of halogens is 2. The molecule has 26 heavy (non-hydrogen) atoms. The van der Waals surface area contributed by atoms with Crippen LogP contribution in [0.5, 0.6) is 0 Å². The lowest BCUT2D eigenvalue weighted by Gasteiger charge is -2.17. The summed E-state index contributed by atoms with van der Waals surface area (Å²) in [5.74, 6) is -1.45. The Labute approximate surface area is 150 Å². The molecule has 136 valence electrons. The summed E-state index contributed by atoms with van der Waals surface area (Å²) in [5.41, 5.74) is 3.62. The van der Waals surface area contributed by atoms with Gasteiger partial charge in [-0.2, -0.15) is 5.10 Å². The van der Waals surface area contributed by atoms with Gasteiger partial charge in [-0.1, -0.05) is 6.07 Å². The number of carbonyl (C=O) groups is 1. The Balaban J connectivity index is 1.85. The number of rotatable bonds is 4. The van der Waals surface area contributed by atoms with E-state index < -0.39 is 11.6 Å². The first-order valence-corrected chi connectivity index (χ1v) is 8.31. The third-order valence-electron chi connectivity index (χ3n) is 4.36. The number of nitrogens with zero attached hydrogens (tertiary/aromatic N) is 4. The molecule has 0 bridgehead atoms. The van der Waals surface area contributed by atoms with Crippen LogP contribution in [0.25, 0.3) is 5.65 Å². The fraction of sp³-hybridized carbons (Fsp3) is 0.316. The fourth-order valence-electron chi connectivity index (χ4n) is 2.98. The molecule has 2 aromatic heterocycles. The van der Waals surface area contributed by atoms with Crippen molar-refractivity contribution in [3.05, 3.63) is 64.1 Å². The number of hydrogen-bond donors (Lipinski definition) is 0. The number of hydrogen-bond acceptors (Lipinski definition) is 3. The molecular weight excluding hydrogens is 338 g/mol. The van der Waals surface area contributed by atoms with Crippen molar-refractivity contribution in [1.82, 2.24) is 19.5 Å². The number of likely N-dealkylation sites (N-methyl/N-ethyl adjacent to an activating group) is 1. The van der Waals surface area contributed by atoms with Crippen LogP contribution in [0.1, 0.15) is 33.0 Å². The van der Waals surface area contributed by atoms with Gasteiger partial charge in [0.15, 0.2) is 5.65 Å². The van der Waals surface area contributed by atoms with Gasteiger partial charge >= 0.3 is 0 Å². The normalized spacial score (nSPS) is 11.2. The lowest BCUT2D eigenvalue weighted by atomic mass is 10.1. The molecule has 0 fully saturated rings. The van der Waals surface area contributed by atoms with E-state index in [2.05, 4.69) is 10.1 Å². The molecule has 0 spiro atoms. The van der Waals surface area contributed by atoms with E-state index in [4.69, 9.17) is 0 Å². The largest absolute Gasteiger partial charge is 0.341 e. The SMILES string of the molecule is Cc1cc(C)n2nc(C)c(C(=O)N(C)CCc3ccc(F)cc3F)c2n1. The van der Waals surface area contributed by atoms with Crippen molar-refractivity contribution in [2.75, 3.05) is 13.6 Å². The van der Waals surface area contributed by atoms with Crippen LogP contribution >= 0.6 is 0 Å². The van der Waals surface area contributed by atoms with Crippen molar-refractivity contribution in [3.8, 4) is 0 Å². The van der Waals surface area contributed by atoms with Crippen molar-refractivity contribution in [2.24, 2.45) is 0 Å². The molecule has 1 amide bonds. The molecule has 0 unspecified atom stereocenters. The van der Waals surface area contributed by atoms with Gasteiger partial charge in [0.2, 0.25) is 0 Å². The molecule has 0 aliphatic rings. The number of fused-ring (bicyclic) bond motifs is 1. The van der Waals surface area contributed by atoms with Crippen LogP contribution in [0, 0.1) is 32.4 Å². The fourth-order valence-corrected chi connectivity index (χ4v) is 2.98. The van der Waals surface area contributed by atoms with Crippen LogP contribution < -0.4 is 0 Å². The summed E-state index contributed by atoms with van der Waals surface area (Å²) in [4.78, 5) is 18.9. The van der Waals surface area contributed by atoms with E-state index in [1.54, 1.807) is 18.5 Å². The van der Waals surface area contributed by atoms with Crippen LogP contribution in [-0.4, -0.2) is 39.0 Å². The monoisotopic (exact) mass is 358 g/mol. The standard InChI is InChI=1S/C19H20F2N4O/c1-11-9-12(2)25-18(22-11)17(13(3)23-25)19(26)24(4)8-7-14-5-6-15(20)10-16(14)21/h5-6,9-10H,7-8H2,1-4H3. The molecule has 0 saturated heterocycles. The Morgan fingerprint density at radius 3 is 2.62 bits per heavy atom. The Morgan fingerprint density at radius 2 is 1.92 bits per heavy atom. The lowest BCUT2D eigenvalue weighted by Crippen LogP contribution is -2.29. The van der Waals surface area contributed by atoms with Crippen molar-refractivity contribution >= 4 is 11.6 Å². The van der Waals surface area contributed by atoms with Gasteiger partial charge < -0.3 is 4.90 Å². The third-order valence-corrected chi connectivity index (χ3v) is 4.36. The zero-order valence-electron chi connectivity index (χ0n) is 15.2. The van der Waals surface area contributed by atoms with E-state index in [0.717, 1.165) is 17.5 Å². The molecule has 3 rings (SSSR count). The van der Waals surface area contributed by atoms with E-state index in [1.807, 2.05) is 19.9 Å². The highest BCUT2D eigenvalue weighted by Crippen LogP contribution is 2.18. The van der Waals surface area contributed by atoms with Gasteiger partial charge in [-0.05, 0) is 44.9 Å². The average Bonchev–Trinajstić information content (AvgIpc) is 2.89. The van der Waals surface area contributed by atoms with Crippen LogP contribution in [0.2, 0.25) is 0 Å². The van der Waals surface area contributed by atoms with E-state index >= 15 is 0 Å². The Bertz CT molecular complexity index is 997. The molecular formula is C19H20F2N4O.